The van der Waals surface area contributed by atoms with Gasteiger partial charge in [0, 0.05) is 17.2 Å². The van der Waals surface area contributed by atoms with Gasteiger partial charge in [-0.25, -0.2) is 0 Å². The second kappa shape index (κ2) is 7.72. The van der Waals surface area contributed by atoms with Crippen LogP contribution in [0.15, 0.2) is 18.2 Å². The van der Waals surface area contributed by atoms with Crippen molar-refractivity contribution in [1.29, 1.82) is 0 Å². The molecule has 1 rings (SSSR count). The number of aliphatic hydroxyl groups excluding tert-OH is 1. The summed E-state index contributed by atoms with van der Waals surface area (Å²) in [4.78, 5) is 12.2. The normalized spacial score (nSPS) is 11.7. The quantitative estimate of drug-likeness (QED) is 0.828. The molecule has 0 aliphatic heterocycles. The SMILES string of the molecule is CCC(NC(=O)c1ccc(C#CCO)c(C)c1)C(C)C. The Morgan fingerprint density at radius 3 is 2.60 bits per heavy atom. The number of rotatable bonds is 4. The molecule has 1 aromatic carbocycles. The first-order valence-electron chi connectivity index (χ1n) is 7.00. The number of hydrogen-bond donors (Lipinski definition) is 2. The van der Waals surface area contributed by atoms with Gasteiger partial charge in [0.1, 0.15) is 6.61 Å². The summed E-state index contributed by atoms with van der Waals surface area (Å²) in [6, 6.07) is 5.63. The number of benzene rings is 1. The standard InChI is InChI=1S/C17H23NO2/c1-5-16(12(2)3)18-17(20)15-9-8-14(7-6-10-19)13(4)11-15/h8-9,11-12,16,19H,5,10H2,1-4H3,(H,18,20). The van der Waals surface area contributed by atoms with E-state index in [1.807, 2.05) is 19.1 Å². The first-order chi connectivity index (χ1) is 9.49. The number of carbonyl (C=O) groups excluding carboxylic acids is 1. The fourth-order valence-corrected chi connectivity index (χ4v) is 2.07. The molecular weight excluding hydrogens is 250 g/mol. The average Bonchev–Trinajstić information content (AvgIpc) is 2.42. The second-order valence-electron chi connectivity index (χ2n) is 5.22. The van der Waals surface area contributed by atoms with E-state index in [4.69, 9.17) is 5.11 Å². The fourth-order valence-electron chi connectivity index (χ4n) is 2.07. The number of carbonyl (C=O) groups is 1. The highest BCUT2D eigenvalue weighted by molar-refractivity contribution is 5.94. The molecule has 0 saturated carbocycles. The van der Waals surface area contributed by atoms with Crippen LogP contribution in [0.2, 0.25) is 0 Å². The summed E-state index contributed by atoms with van der Waals surface area (Å²) in [6.45, 7) is 8.04. The predicted molar refractivity (Wildman–Crippen MR) is 81.5 cm³/mol. The van der Waals surface area contributed by atoms with E-state index in [0.29, 0.717) is 11.5 Å². The number of amides is 1. The molecule has 0 saturated heterocycles. The van der Waals surface area contributed by atoms with Crippen LogP contribution in [-0.4, -0.2) is 23.7 Å². The van der Waals surface area contributed by atoms with Crippen molar-refractivity contribution < 1.29 is 9.90 Å². The molecule has 0 aliphatic rings. The summed E-state index contributed by atoms with van der Waals surface area (Å²) in [6.07, 6.45) is 0.919. The van der Waals surface area contributed by atoms with E-state index < -0.39 is 0 Å². The number of hydrogen-bond acceptors (Lipinski definition) is 2. The molecule has 0 fully saturated rings. The zero-order valence-corrected chi connectivity index (χ0v) is 12.7. The maximum atomic E-state index is 12.2. The maximum absolute atomic E-state index is 12.2. The van der Waals surface area contributed by atoms with Gasteiger partial charge in [-0.2, -0.15) is 0 Å². The lowest BCUT2D eigenvalue weighted by molar-refractivity contribution is 0.0924. The summed E-state index contributed by atoms with van der Waals surface area (Å²) in [5.74, 6) is 5.85. The third-order valence-electron chi connectivity index (χ3n) is 3.35. The molecule has 0 aliphatic carbocycles. The molecule has 0 spiro atoms. The molecule has 0 aromatic heterocycles. The molecule has 0 heterocycles. The Morgan fingerprint density at radius 1 is 1.40 bits per heavy atom. The molecule has 1 unspecified atom stereocenters. The number of aryl methyl sites for hydroxylation is 1. The van der Waals surface area contributed by atoms with E-state index in [1.165, 1.54) is 0 Å². The molecule has 108 valence electrons. The summed E-state index contributed by atoms with van der Waals surface area (Å²) >= 11 is 0. The van der Waals surface area contributed by atoms with E-state index in [-0.39, 0.29) is 18.6 Å². The van der Waals surface area contributed by atoms with Gasteiger partial charge in [0.2, 0.25) is 0 Å². The fraction of sp³-hybridized carbons (Fsp3) is 0.471. The summed E-state index contributed by atoms with van der Waals surface area (Å²) in [5, 5.41) is 11.8. The van der Waals surface area contributed by atoms with E-state index >= 15 is 0 Å². The molecule has 1 amide bonds. The monoisotopic (exact) mass is 273 g/mol. The van der Waals surface area contributed by atoms with Crippen molar-refractivity contribution in [2.24, 2.45) is 5.92 Å². The largest absolute Gasteiger partial charge is 0.384 e. The Kier molecular flexibility index (Phi) is 6.27. The lowest BCUT2D eigenvalue weighted by Crippen LogP contribution is -2.38. The van der Waals surface area contributed by atoms with Gasteiger partial charge in [-0.3, -0.25) is 4.79 Å². The van der Waals surface area contributed by atoms with Gasteiger partial charge in [-0.05, 0) is 43.0 Å². The lowest BCUT2D eigenvalue weighted by Gasteiger charge is -2.20. The highest BCUT2D eigenvalue weighted by Crippen LogP contribution is 2.12. The molecule has 3 heteroatoms. The van der Waals surface area contributed by atoms with Crippen molar-refractivity contribution in [1.82, 2.24) is 5.32 Å². The molecular formula is C17H23NO2. The van der Waals surface area contributed by atoms with E-state index in [1.54, 1.807) is 6.07 Å². The van der Waals surface area contributed by atoms with Crippen LogP contribution >= 0.6 is 0 Å². The summed E-state index contributed by atoms with van der Waals surface area (Å²) < 4.78 is 0. The van der Waals surface area contributed by atoms with Crippen molar-refractivity contribution in [2.45, 2.75) is 40.2 Å². The van der Waals surface area contributed by atoms with Crippen LogP contribution in [0.3, 0.4) is 0 Å². The highest BCUT2D eigenvalue weighted by atomic mass is 16.2. The van der Waals surface area contributed by atoms with E-state index in [2.05, 4.69) is 37.9 Å². The zero-order chi connectivity index (χ0) is 15.1. The molecule has 0 bridgehead atoms. The number of nitrogens with one attached hydrogen (secondary N) is 1. The van der Waals surface area contributed by atoms with Crippen molar-refractivity contribution in [2.75, 3.05) is 6.61 Å². The van der Waals surface area contributed by atoms with Gasteiger partial charge in [0.25, 0.3) is 5.91 Å². The highest BCUT2D eigenvalue weighted by Gasteiger charge is 2.15. The van der Waals surface area contributed by atoms with Crippen LogP contribution in [0.5, 0.6) is 0 Å². The minimum Gasteiger partial charge on any atom is -0.384 e. The van der Waals surface area contributed by atoms with Gasteiger partial charge < -0.3 is 10.4 Å². The smallest absolute Gasteiger partial charge is 0.251 e. The van der Waals surface area contributed by atoms with Crippen LogP contribution in [0.1, 0.15) is 48.7 Å². The summed E-state index contributed by atoms with van der Waals surface area (Å²) in [7, 11) is 0. The predicted octanol–water partition coefficient (Wildman–Crippen LogP) is 2.50. The first-order valence-corrected chi connectivity index (χ1v) is 7.00. The third-order valence-corrected chi connectivity index (χ3v) is 3.35. The van der Waals surface area contributed by atoms with Crippen molar-refractivity contribution in [3.8, 4) is 11.8 Å². The Balaban J connectivity index is 2.87. The lowest BCUT2D eigenvalue weighted by atomic mass is 10.0. The average molecular weight is 273 g/mol. The van der Waals surface area contributed by atoms with Gasteiger partial charge in [-0.15, -0.1) is 0 Å². The molecule has 20 heavy (non-hydrogen) atoms. The van der Waals surface area contributed by atoms with Gasteiger partial charge in [0.15, 0.2) is 0 Å². The van der Waals surface area contributed by atoms with Crippen LogP contribution < -0.4 is 5.32 Å². The van der Waals surface area contributed by atoms with Crippen molar-refractivity contribution in [3.05, 3.63) is 34.9 Å². The van der Waals surface area contributed by atoms with Crippen LogP contribution in [0.25, 0.3) is 0 Å². The van der Waals surface area contributed by atoms with E-state index in [0.717, 1.165) is 17.5 Å². The van der Waals surface area contributed by atoms with Crippen LogP contribution in [0.4, 0.5) is 0 Å². The Morgan fingerprint density at radius 2 is 2.10 bits per heavy atom. The molecule has 1 atom stereocenters. The third kappa shape index (κ3) is 4.40. The first kappa shape index (κ1) is 16.3. The van der Waals surface area contributed by atoms with Gasteiger partial charge in [0.05, 0.1) is 0 Å². The minimum atomic E-state index is -0.158. The Hall–Kier alpha value is -1.79. The van der Waals surface area contributed by atoms with Crippen LogP contribution in [0, 0.1) is 24.7 Å². The maximum Gasteiger partial charge on any atom is 0.251 e. The molecule has 2 N–H and O–H groups in total. The summed E-state index contributed by atoms with van der Waals surface area (Å²) in [5.41, 5.74) is 2.43. The minimum absolute atomic E-state index is 0.0460. The van der Waals surface area contributed by atoms with E-state index in [9.17, 15) is 4.79 Å². The number of aliphatic hydroxyl groups is 1. The van der Waals surface area contributed by atoms with Crippen molar-refractivity contribution in [3.63, 3.8) is 0 Å². The zero-order valence-electron chi connectivity index (χ0n) is 12.7. The van der Waals surface area contributed by atoms with Crippen LogP contribution in [-0.2, 0) is 0 Å². The molecule has 0 radical (unpaired) electrons. The second-order valence-corrected chi connectivity index (χ2v) is 5.22. The molecule has 1 aromatic rings. The van der Waals surface area contributed by atoms with Gasteiger partial charge >= 0.3 is 0 Å². The topological polar surface area (TPSA) is 49.3 Å². The molecule has 3 nitrogen and oxygen atoms in total. The van der Waals surface area contributed by atoms with Crippen molar-refractivity contribution >= 4 is 5.91 Å². The Labute approximate surface area is 121 Å². The Bertz CT molecular complexity index is 524. The van der Waals surface area contributed by atoms with Gasteiger partial charge in [-0.1, -0.05) is 32.6 Å².